The lowest BCUT2D eigenvalue weighted by Gasteiger charge is -2.20. The van der Waals surface area contributed by atoms with E-state index >= 15 is 0 Å². The van der Waals surface area contributed by atoms with Gasteiger partial charge in [0.1, 0.15) is 11.5 Å². The summed E-state index contributed by atoms with van der Waals surface area (Å²) in [5.74, 6) is 0.981. The van der Waals surface area contributed by atoms with E-state index in [1.165, 1.54) is 12.5 Å². The van der Waals surface area contributed by atoms with Gasteiger partial charge in [-0.1, -0.05) is 49.6 Å². The van der Waals surface area contributed by atoms with E-state index in [1.54, 1.807) is 6.08 Å². The summed E-state index contributed by atoms with van der Waals surface area (Å²) in [5, 5.41) is 0. The number of nitrogens with one attached hydrogen (secondary N) is 2. The largest absolute Gasteiger partial charge is 0.457 e. The number of carbonyl (C=O) groups excluding carboxylic acids is 2. The van der Waals surface area contributed by atoms with E-state index in [0.717, 1.165) is 37.0 Å². The van der Waals surface area contributed by atoms with Crippen molar-refractivity contribution in [2.24, 2.45) is 5.92 Å². The molecule has 0 bridgehead atoms. The van der Waals surface area contributed by atoms with E-state index in [2.05, 4.69) is 10.9 Å². The molecule has 0 saturated heterocycles. The summed E-state index contributed by atoms with van der Waals surface area (Å²) in [7, 11) is 0. The standard InChI is InChI=1S/C22H24N2O3/c25-21(23-24-22(26)18-9-3-1-4-10-18)15-14-17-8-7-13-20(16-17)27-19-11-5-2-6-12-19/h2,5-8,11-16,18H,1,3-4,9-10H2,(H,23,25)(H,24,26)/b15-14+. The molecule has 27 heavy (non-hydrogen) atoms. The average Bonchev–Trinajstić information content (AvgIpc) is 2.72. The number of hydrogen-bond acceptors (Lipinski definition) is 3. The molecule has 5 heteroatoms. The number of carbonyl (C=O) groups is 2. The highest BCUT2D eigenvalue weighted by atomic mass is 16.5. The van der Waals surface area contributed by atoms with Crippen LogP contribution in [-0.2, 0) is 9.59 Å². The molecule has 2 N–H and O–H groups in total. The monoisotopic (exact) mass is 364 g/mol. The van der Waals surface area contributed by atoms with E-state index in [1.807, 2.05) is 54.6 Å². The zero-order chi connectivity index (χ0) is 18.9. The Bertz CT molecular complexity index is 796. The number of ether oxygens (including phenoxy) is 1. The van der Waals surface area contributed by atoms with Crippen molar-refractivity contribution in [3.8, 4) is 11.5 Å². The number of benzene rings is 2. The van der Waals surface area contributed by atoms with E-state index in [0.29, 0.717) is 5.75 Å². The highest BCUT2D eigenvalue weighted by Crippen LogP contribution is 2.23. The molecule has 0 unspecified atom stereocenters. The molecule has 3 rings (SSSR count). The van der Waals surface area contributed by atoms with Crippen molar-refractivity contribution in [1.29, 1.82) is 0 Å². The molecule has 0 aliphatic heterocycles. The van der Waals surface area contributed by atoms with Crippen LogP contribution in [0.2, 0.25) is 0 Å². The van der Waals surface area contributed by atoms with Gasteiger partial charge in [-0.3, -0.25) is 20.4 Å². The zero-order valence-corrected chi connectivity index (χ0v) is 15.2. The van der Waals surface area contributed by atoms with Crippen LogP contribution in [0.25, 0.3) is 6.08 Å². The molecule has 0 heterocycles. The molecular formula is C22H24N2O3. The Hall–Kier alpha value is -3.08. The van der Waals surface area contributed by atoms with Crippen molar-refractivity contribution in [3.05, 3.63) is 66.2 Å². The molecular weight excluding hydrogens is 340 g/mol. The highest BCUT2D eigenvalue weighted by Gasteiger charge is 2.20. The third-order valence-electron chi connectivity index (χ3n) is 4.55. The Labute approximate surface area is 159 Å². The highest BCUT2D eigenvalue weighted by molar-refractivity contribution is 5.93. The van der Waals surface area contributed by atoms with Crippen LogP contribution < -0.4 is 15.6 Å². The molecule has 140 valence electrons. The van der Waals surface area contributed by atoms with Crippen molar-refractivity contribution in [2.75, 3.05) is 0 Å². The van der Waals surface area contributed by atoms with E-state index in [-0.39, 0.29) is 17.7 Å². The number of amides is 2. The Balaban J connectivity index is 1.50. The molecule has 2 amide bonds. The predicted molar refractivity (Wildman–Crippen MR) is 105 cm³/mol. The molecule has 1 fully saturated rings. The molecule has 0 radical (unpaired) electrons. The quantitative estimate of drug-likeness (QED) is 0.617. The van der Waals surface area contributed by atoms with Crippen LogP contribution >= 0.6 is 0 Å². The third kappa shape index (κ3) is 5.99. The second kappa shape index (κ2) is 9.57. The van der Waals surface area contributed by atoms with Gasteiger partial charge in [0, 0.05) is 12.0 Å². The molecule has 2 aromatic carbocycles. The van der Waals surface area contributed by atoms with Crippen molar-refractivity contribution in [3.63, 3.8) is 0 Å². The van der Waals surface area contributed by atoms with Crippen LogP contribution in [0.3, 0.4) is 0 Å². The van der Waals surface area contributed by atoms with Crippen LogP contribution in [0.1, 0.15) is 37.7 Å². The summed E-state index contributed by atoms with van der Waals surface area (Å²) in [5.41, 5.74) is 5.80. The van der Waals surface area contributed by atoms with Crippen molar-refractivity contribution < 1.29 is 14.3 Å². The van der Waals surface area contributed by atoms with Gasteiger partial charge in [0.25, 0.3) is 5.91 Å². The van der Waals surface area contributed by atoms with Gasteiger partial charge in [0.15, 0.2) is 0 Å². The zero-order valence-electron chi connectivity index (χ0n) is 15.2. The van der Waals surface area contributed by atoms with Gasteiger partial charge in [-0.05, 0) is 48.7 Å². The SMILES string of the molecule is O=C(/C=C/c1cccc(Oc2ccccc2)c1)NNC(=O)C1CCCCC1. The number of hydrogen-bond donors (Lipinski definition) is 2. The molecule has 1 aliphatic carbocycles. The van der Waals surface area contributed by atoms with Gasteiger partial charge < -0.3 is 4.74 Å². The Kier molecular flexibility index (Phi) is 6.63. The minimum atomic E-state index is -0.367. The lowest BCUT2D eigenvalue weighted by atomic mass is 9.89. The molecule has 0 spiro atoms. The Morgan fingerprint density at radius 1 is 0.889 bits per heavy atom. The van der Waals surface area contributed by atoms with Gasteiger partial charge in [-0.25, -0.2) is 0 Å². The maximum atomic E-state index is 12.0. The lowest BCUT2D eigenvalue weighted by Crippen LogP contribution is -2.44. The second-order valence-corrected chi connectivity index (χ2v) is 6.63. The molecule has 0 aromatic heterocycles. The van der Waals surface area contributed by atoms with E-state index < -0.39 is 0 Å². The summed E-state index contributed by atoms with van der Waals surface area (Å²) < 4.78 is 5.78. The number of rotatable bonds is 5. The fourth-order valence-corrected chi connectivity index (χ4v) is 3.11. The predicted octanol–water partition coefficient (Wildman–Crippen LogP) is 4.22. The van der Waals surface area contributed by atoms with Gasteiger partial charge in [-0.2, -0.15) is 0 Å². The smallest absolute Gasteiger partial charge is 0.262 e. The van der Waals surface area contributed by atoms with Crippen molar-refractivity contribution >= 4 is 17.9 Å². The average molecular weight is 364 g/mol. The van der Waals surface area contributed by atoms with Crippen LogP contribution in [0.5, 0.6) is 11.5 Å². The summed E-state index contributed by atoms with van der Waals surface area (Å²) in [6.45, 7) is 0. The third-order valence-corrected chi connectivity index (χ3v) is 4.55. The van der Waals surface area contributed by atoms with E-state index in [4.69, 9.17) is 4.74 Å². The van der Waals surface area contributed by atoms with Crippen LogP contribution in [0.15, 0.2) is 60.7 Å². The first-order valence-electron chi connectivity index (χ1n) is 9.31. The topological polar surface area (TPSA) is 67.4 Å². The van der Waals surface area contributed by atoms with Crippen LogP contribution in [0, 0.1) is 5.92 Å². The summed E-state index contributed by atoms with van der Waals surface area (Å²) >= 11 is 0. The fourth-order valence-electron chi connectivity index (χ4n) is 3.11. The van der Waals surface area contributed by atoms with E-state index in [9.17, 15) is 9.59 Å². The normalized spacial score (nSPS) is 14.7. The first-order valence-corrected chi connectivity index (χ1v) is 9.31. The Morgan fingerprint density at radius 2 is 1.63 bits per heavy atom. The van der Waals surface area contributed by atoms with Gasteiger partial charge >= 0.3 is 0 Å². The second-order valence-electron chi connectivity index (χ2n) is 6.63. The molecule has 1 aliphatic rings. The van der Waals surface area contributed by atoms with Gasteiger partial charge in [0.2, 0.25) is 5.91 Å². The Morgan fingerprint density at radius 3 is 2.41 bits per heavy atom. The summed E-state index contributed by atoms with van der Waals surface area (Å²) in [6, 6.07) is 16.9. The minimum Gasteiger partial charge on any atom is -0.457 e. The lowest BCUT2D eigenvalue weighted by molar-refractivity contribution is -0.130. The summed E-state index contributed by atoms with van der Waals surface area (Å²) in [4.78, 5) is 24.0. The number of hydrazine groups is 1. The van der Waals surface area contributed by atoms with Crippen LogP contribution in [0.4, 0.5) is 0 Å². The van der Waals surface area contributed by atoms with Gasteiger partial charge in [0.05, 0.1) is 0 Å². The van der Waals surface area contributed by atoms with Gasteiger partial charge in [-0.15, -0.1) is 0 Å². The maximum Gasteiger partial charge on any atom is 0.262 e. The summed E-state index contributed by atoms with van der Waals surface area (Å²) in [6.07, 6.45) is 8.20. The van der Waals surface area contributed by atoms with Crippen molar-refractivity contribution in [2.45, 2.75) is 32.1 Å². The fraction of sp³-hybridized carbons (Fsp3) is 0.273. The molecule has 2 aromatic rings. The molecule has 5 nitrogen and oxygen atoms in total. The first-order chi connectivity index (χ1) is 13.2. The molecule has 1 saturated carbocycles. The first kappa shape index (κ1) is 18.7. The number of para-hydroxylation sites is 1. The molecule has 0 atom stereocenters. The van der Waals surface area contributed by atoms with Crippen LogP contribution in [-0.4, -0.2) is 11.8 Å². The minimum absolute atomic E-state index is 0.00912. The maximum absolute atomic E-state index is 12.0. The van der Waals surface area contributed by atoms with Crippen molar-refractivity contribution in [1.82, 2.24) is 10.9 Å².